The molecule has 0 radical (unpaired) electrons. The summed E-state index contributed by atoms with van der Waals surface area (Å²) in [5.74, 6) is 1.43. The highest BCUT2D eigenvalue weighted by atomic mass is 35.5. The van der Waals surface area contributed by atoms with Crippen LogP contribution < -0.4 is 10.6 Å². The first kappa shape index (κ1) is 20.9. The van der Waals surface area contributed by atoms with Gasteiger partial charge in [0.15, 0.2) is 0 Å². The number of nitro groups is 1. The van der Waals surface area contributed by atoms with Crippen LogP contribution in [0.15, 0.2) is 42.5 Å². The average Bonchev–Trinajstić information content (AvgIpc) is 3.20. The monoisotopic (exact) mass is 447 g/mol. The van der Waals surface area contributed by atoms with Crippen LogP contribution in [0.3, 0.4) is 0 Å². The first-order valence-corrected chi connectivity index (χ1v) is 10.9. The van der Waals surface area contributed by atoms with E-state index in [1.54, 1.807) is 30.3 Å². The smallest absolute Gasteiger partial charge is 0.292 e. The first-order valence-electron chi connectivity index (χ1n) is 10.1. The number of fused-ring (bicyclic) bond motifs is 1. The minimum Gasteiger partial charge on any atom is -0.377 e. The Morgan fingerprint density at radius 3 is 2.37 bits per heavy atom. The number of hydrogen-bond acceptors (Lipinski definition) is 4. The van der Waals surface area contributed by atoms with E-state index in [4.69, 9.17) is 23.2 Å². The fourth-order valence-electron chi connectivity index (χ4n) is 4.93. The quantitative estimate of drug-likeness (QED) is 0.430. The molecule has 2 saturated carbocycles. The van der Waals surface area contributed by atoms with Gasteiger partial charge in [-0.15, -0.1) is 0 Å². The van der Waals surface area contributed by atoms with Gasteiger partial charge in [0.05, 0.1) is 4.92 Å². The fourth-order valence-corrected chi connectivity index (χ4v) is 5.23. The Balaban J connectivity index is 1.35. The zero-order valence-corrected chi connectivity index (χ0v) is 18.0. The number of halogens is 2. The molecule has 0 spiro atoms. The van der Waals surface area contributed by atoms with Crippen LogP contribution in [0.1, 0.15) is 36.5 Å². The van der Waals surface area contributed by atoms with Crippen LogP contribution in [0.25, 0.3) is 0 Å². The number of benzene rings is 2. The number of rotatable bonds is 7. The Hall–Kier alpha value is -2.31. The molecule has 0 heterocycles. The number of nitrogens with one attached hydrogen (secondary N) is 2. The Kier molecular flexibility index (Phi) is 5.89. The molecule has 2 N–H and O–H groups in total. The highest BCUT2D eigenvalue weighted by molar-refractivity contribution is 6.31. The van der Waals surface area contributed by atoms with Gasteiger partial charge in [0.2, 0.25) is 0 Å². The summed E-state index contributed by atoms with van der Waals surface area (Å²) in [5.41, 5.74) is 1.12. The van der Waals surface area contributed by atoms with E-state index in [1.807, 2.05) is 0 Å². The molecule has 0 bridgehead atoms. The maximum Gasteiger partial charge on any atom is 0.292 e. The molecule has 0 aromatic heterocycles. The van der Waals surface area contributed by atoms with Gasteiger partial charge in [-0.2, -0.15) is 0 Å². The predicted octanol–water partition coefficient (Wildman–Crippen LogP) is 5.55. The second kappa shape index (κ2) is 8.44. The van der Waals surface area contributed by atoms with Crippen molar-refractivity contribution in [3.05, 3.63) is 68.2 Å². The van der Waals surface area contributed by atoms with Crippen molar-refractivity contribution < 1.29 is 9.72 Å². The van der Waals surface area contributed by atoms with Gasteiger partial charge in [0, 0.05) is 33.8 Å². The molecule has 2 fully saturated rings. The third-order valence-corrected chi connectivity index (χ3v) is 6.84. The highest BCUT2D eigenvalue weighted by Gasteiger charge is 2.58. The third-order valence-electron chi connectivity index (χ3n) is 6.35. The molecule has 2 aromatic rings. The summed E-state index contributed by atoms with van der Waals surface area (Å²) < 4.78 is 0. The molecule has 2 aliphatic carbocycles. The largest absolute Gasteiger partial charge is 0.377 e. The molecule has 1 amide bonds. The number of carbonyl (C=O) groups is 1. The molecule has 0 saturated heterocycles. The average molecular weight is 448 g/mol. The summed E-state index contributed by atoms with van der Waals surface area (Å²) in [6.45, 7) is 2.09. The van der Waals surface area contributed by atoms with Crippen molar-refractivity contribution in [2.24, 2.45) is 17.8 Å². The van der Waals surface area contributed by atoms with Gasteiger partial charge >= 0.3 is 0 Å². The lowest BCUT2D eigenvalue weighted by Crippen LogP contribution is -2.38. The van der Waals surface area contributed by atoms with Crippen molar-refractivity contribution in [2.45, 2.75) is 38.3 Å². The molecule has 6 nitrogen and oxygen atoms in total. The van der Waals surface area contributed by atoms with Gasteiger partial charge in [-0.25, -0.2) is 0 Å². The van der Waals surface area contributed by atoms with E-state index >= 15 is 0 Å². The maximum atomic E-state index is 12.6. The Bertz CT molecular complexity index is 955. The van der Waals surface area contributed by atoms with Crippen molar-refractivity contribution in [1.29, 1.82) is 0 Å². The molecule has 0 unspecified atom stereocenters. The van der Waals surface area contributed by atoms with Gasteiger partial charge in [-0.3, -0.25) is 14.9 Å². The van der Waals surface area contributed by atoms with Crippen molar-refractivity contribution >= 4 is 40.5 Å². The summed E-state index contributed by atoms with van der Waals surface area (Å²) in [7, 11) is 0. The molecule has 2 aliphatic rings. The van der Waals surface area contributed by atoms with E-state index in [0.717, 1.165) is 19.3 Å². The lowest BCUT2D eigenvalue weighted by Gasteiger charge is -2.22. The number of carbonyl (C=O) groups excluding carboxylic acids is 1. The van der Waals surface area contributed by atoms with E-state index in [1.165, 1.54) is 12.1 Å². The number of amides is 1. The van der Waals surface area contributed by atoms with Crippen molar-refractivity contribution in [1.82, 2.24) is 5.32 Å². The fraction of sp³-hybridized carbons (Fsp3) is 0.409. The summed E-state index contributed by atoms with van der Waals surface area (Å²) >= 11 is 11.9. The topological polar surface area (TPSA) is 84.3 Å². The van der Waals surface area contributed by atoms with E-state index in [2.05, 4.69) is 17.6 Å². The van der Waals surface area contributed by atoms with E-state index in [9.17, 15) is 14.9 Å². The predicted molar refractivity (Wildman–Crippen MR) is 118 cm³/mol. The van der Waals surface area contributed by atoms with Crippen LogP contribution in [0, 0.1) is 27.9 Å². The lowest BCUT2D eigenvalue weighted by atomic mass is 9.98. The van der Waals surface area contributed by atoms with Crippen molar-refractivity contribution in [3.8, 4) is 0 Å². The highest BCUT2D eigenvalue weighted by Crippen LogP contribution is 2.60. The van der Waals surface area contributed by atoms with Crippen molar-refractivity contribution in [3.63, 3.8) is 0 Å². The van der Waals surface area contributed by atoms with E-state index in [0.29, 0.717) is 39.0 Å². The van der Waals surface area contributed by atoms with Gasteiger partial charge in [0.1, 0.15) is 5.69 Å². The molecular weight excluding hydrogens is 425 g/mol. The maximum absolute atomic E-state index is 12.6. The summed E-state index contributed by atoms with van der Waals surface area (Å²) in [6.07, 6.45) is 2.74. The second-order valence-corrected chi connectivity index (χ2v) is 9.00. The van der Waals surface area contributed by atoms with Crippen LogP contribution in [0.2, 0.25) is 10.0 Å². The van der Waals surface area contributed by atoms with Crippen LogP contribution in [0.5, 0.6) is 0 Å². The summed E-state index contributed by atoms with van der Waals surface area (Å²) in [5, 5.41) is 18.8. The standard InChI is InChI=1S/C22H23Cl2N3O3/c1-2-18(26-22(28)12-3-5-13(23)6-4-12)21-16-10-15(11-17(16)21)25-19-9-14(24)7-8-20(19)27(29)30/h3-9,15-18,21,25H,2,10-11H2,1H3,(H,26,28)/t15-,16-,17+,18-,21+/m1/s1. The van der Waals surface area contributed by atoms with Crippen LogP contribution in [-0.2, 0) is 0 Å². The number of anilines is 1. The minimum absolute atomic E-state index is 0.0400. The third kappa shape index (κ3) is 4.25. The van der Waals surface area contributed by atoms with Crippen molar-refractivity contribution in [2.75, 3.05) is 5.32 Å². The molecule has 30 heavy (non-hydrogen) atoms. The summed E-state index contributed by atoms with van der Waals surface area (Å²) in [6, 6.07) is 11.8. The minimum atomic E-state index is -0.392. The zero-order chi connectivity index (χ0) is 21.4. The van der Waals surface area contributed by atoms with Crippen LogP contribution in [-0.4, -0.2) is 22.9 Å². The molecule has 2 aromatic carbocycles. The summed E-state index contributed by atoms with van der Waals surface area (Å²) in [4.78, 5) is 23.5. The first-order chi connectivity index (χ1) is 14.4. The normalized spacial score (nSPS) is 25.3. The van der Waals surface area contributed by atoms with E-state index in [-0.39, 0.29) is 23.7 Å². The molecule has 8 heteroatoms. The van der Waals surface area contributed by atoms with Crippen LogP contribution >= 0.6 is 23.2 Å². The molecular formula is C22H23Cl2N3O3. The molecule has 0 aliphatic heterocycles. The van der Waals surface area contributed by atoms with Gasteiger partial charge in [0.25, 0.3) is 11.6 Å². The Morgan fingerprint density at radius 2 is 1.77 bits per heavy atom. The molecule has 4 rings (SSSR count). The number of nitro benzene ring substituents is 1. The molecule has 158 valence electrons. The van der Waals surface area contributed by atoms with E-state index < -0.39 is 4.92 Å². The van der Waals surface area contributed by atoms with Gasteiger partial charge in [-0.1, -0.05) is 30.1 Å². The number of hydrogen-bond donors (Lipinski definition) is 2. The Labute approximate surface area is 185 Å². The van der Waals surface area contributed by atoms with Crippen LogP contribution in [0.4, 0.5) is 11.4 Å². The molecule has 5 atom stereocenters. The van der Waals surface area contributed by atoms with Gasteiger partial charge in [-0.05, 0) is 73.4 Å². The second-order valence-electron chi connectivity index (χ2n) is 8.13. The van der Waals surface area contributed by atoms with Gasteiger partial charge < -0.3 is 10.6 Å². The SMILES string of the molecule is CC[C@@H](NC(=O)c1ccc(Cl)cc1)[C@H]1[C@@H]2C[C@@H](Nc3cc(Cl)ccc3[N+](=O)[O-])C[C@@H]21. The number of nitrogens with zero attached hydrogens (tertiary/aromatic N) is 1. The Morgan fingerprint density at radius 1 is 1.13 bits per heavy atom. The lowest BCUT2D eigenvalue weighted by molar-refractivity contribution is -0.384. The zero-order valence-electron chi connectivity index (χ0n) is 16.5.